The van der Waals surface area contributed by atoms with Gasteiger partial charge in [0.25, 0.3) is 10.0 Å². The number of nitrogens with one attached hydrogen (secondary N) is 1. The van der Waals surface area contributed by atoms with Crippen LogP contribution in [-0.4, -0.2) is 51.4 Å². The van der Waals surface area contributed by atoms with Crippen molar-refractivity contribution in [3.05, 3.63) is 125 Å². The van der Waals surface area contributed by atoms with Gasteiger partial charge in [-0.05, 0) is 73.5 Å². The Bertz CT molecular complexity index is 1660. The van der Waals surface area contributed by atoms with Crippen LogP contribution in [0.2, 0.25) is 5.02 Å². The van der Waals surface area contributed by atoms with Gasteiger partial charge in [0.1, 0.15) is 18.3 Å². The predicted molar refractivity (Wildman–Crippen MR) is 173 cm³/mol. The Morgan fingerprint density at radius 2 is 1.55 bits per heavy atom. The summed E-state index contributed by atoms with van der Waals surface area (Å²) in [5, 5.41) is 3.33. The van der Waals surface area contributed by atoms with Crippen molar-refractivity contribution in [3.8, 4) is 5.75 Å². The van der Waals surface area contributed by atoms with Crippen molar-refractivity contribution in [2.24, 2.45) is 0 Å². The molecule has 230 valence electrons. The smallest absolute Gasteiger partial charge is 0.264 e. The molecular weight excluding hydrogens is 598 g/mol. The Hall–Kier alpha value is -4.34. The molecule has 10 heteroatoms. The summed E-state index contributed by atoms with van der Waals surface area (Å²) >= 11 is 6.28. The Morgan fingerprint density at radius 3 is 2.16 bits per heavy atom. The third-order valence-electron chi connectivity index (χ3n) is 7.11. The topological polar surface area (TPSA) is 96.0 Å². The van der Waals surface area contributed by atoms with E-state index in [4.69, 9.17) is 16.3 Å². The second kappa shape index (κ2) is 14.9. The van der Waals surface area contributed by atoms with E-state index < -0.39 is 28.5 Å². The van der Waals surface area contributed by atoms with Crippen LogP contribution in [0.15, 0.2) is 108 Å². The molecule has 0 saturated carbocycles. The molecule has 1 unspecified atom stereocenters. The van der Waals surface area contributed by atoms with Gasteiger partial charge in [-0.25, -0.2) is 8.42 Å². The molecule has 0 bridgehead atoms. The lowest BCUT2D eigenvalue weighted by Crippen LogP contribution is -2.53. The highest BCUT2D eigenvalue weighted by atomic mass is 35.5. The largest absolute Gasteiger partial charge is 0.497 e. The van der Waals surface area contributed by atoms with Gasteiger partial charge in [0.15, 0.2) is 0 Å². The summed E-state index contributed by atoms with van der Waals surface area (Å²) in [6, 6.07) is 28.4. The Balaban J connectivity index is 1.79. The first-order chi connectivity index (χ1) is 21.1. The van der Waals surface area contributed by atoms with E-state index in [1.165, 1.54) is 24.1 Å². The first-order valence-electron chi connectivity index (χ1n) is 14.2. The van der Waals surface area contributed by atoms with Crippen LogP contribution in [0.25, 0.3) is 0 Å². The van der Waals surface area contributed by atoms with Crippen molar-refractivity contribution >= 4 is 39.1 Å². The number of methoxy groups -OCH3 is 1. The zero-order valence-corrected chi connectivity index (χ0v) is 26.5. The number of hydrogen-bond donors (Lipinski definition) is 1. The minimum atomic E-state index is -4.19. The SMILES string of the molecule is CCNC(=O)C(Cc1ccccc1)N(Cc1cccc(Cl)c1)C(=O)CN(c1ccc(OC)cc1)S(=O)(=O)c1ccc(C)cc1. The van der Waals surface area contributed by atoms with Crippen LogP contribution in [0.3, 0.4) is 0 Å². The molecule has 1 N–H and O–H groups in total. The molecule has 8 nitrogen and oxygen atoms in total. The van der Waals surface area contributed by atoms with Gasteiger partial charge in [0.05, 0.1) is 17.7 Å². The van der Waals surface area contributed by atoms with E-state index in [1.807, 2.05) is 43.3 Å². The van der Waals surface area contributed by atoms with E-state index in [9.17, 15) is 18.0 Å². The number of hydrogen-bond acceptors (Lipinski definition) is 5. The predicted octanol–water partition coefficient (Wildman–Crippen LogP) is 5.63. The van der Waals surface area contributed by atoms with Gasteiger partial charge in [-0.15, -0.1) is 0 Å². The highest BCUT2D eigenvalue weighted by Gasteiger charge is 2.34. The summed E-state index contributed by atoms with van der Waals surface area (Å²) in [7, 11) is -2.68. The number of nitrogens with zero attached hydrogens (tertiary/aromatic N) is 2. The Labute approximate surface area is 264 Å². The van der Waals surface area contributed by atoms with Gasteiger partial charge < -0.3 is 15.0 Å². The highest BCUT2D eigenvalue weighted by Crippen LogP contribution is 2.27. The standard InChI is InChI=1S/C34H36ClN3O5S/c1-4-36-34(40)32(22-26-9-6-5-7-10-26)37(23-27-11-8-12-28(35)21-27)33(39)24-38(29-15-17-30(43-3)18-16-29)44(41,42)31-19-13-25(2)14-20-31/h5-21,32H,4,22-24H2,1-3H3,(H,36,40). The van der Waals surface area contributed by atoms with Crippen molar-refractivity contribution in [3.63, 3.8) is 0 Å². The molecule has 0 radical (unpaired) electrons. The molecule has 0 aliphatic carbocycles. The maximum Gasteiger partial charge on any atom is 0.264 e. The average Bonchev–Trinajstić information content (AvgIpc) is 3.02. The number of halogens is 1. The lowest BCUT2D eigenvalue weighted by Gasteiger charge is -2.34. The quantitative estimate of drug-likeness (QED) is 0.206. The molecule has 0 heterocycles. The molecule has 0 aliphatic rings. The molecule has 0 aromatic heterocycles. The Morgan fingerprint density at radius 1 is 0.886 bits per heavy atom. The number of carbonyl (C=O) groups excluding carboxylic acids is 2. The summed E-state index contributed by atoms with van der Waals surface area (Å²) in [4.78, 5) is 29.4. The molecule has 4 aromatic carbocycles. The number of ether oxygens (including phenoxy) is 1. The molecule has 4 aromatic rings. The van der Waals surface area contributed by atoms with Crippen LogP contribution in [0.5, 0.6) is 5.75 Å². The van der Waals surface area contributed by atoms with Gasteiger partial charge in [0.2, 0.25) is 11.8 Å². The van der Waals surface area contributed by atoms with Crippen molar-refractivity contribution < 1.29 is 22.7 Å². The van der Waals surface area contributed by atoms with E-state index in [0.29, 0.717) is 22.9 Å². The minimum absolute atomic E-state index is 0.0368. The van der Waals surface area contributed by atoms with Crippen LogP contribution >= 0.6 is 11.6 Å². The van der Waals surface area contributed by atoms with Crippen LogP contribution in [0, 0.1) is 6.92 Å². The number of benzene rings is 4. The monoisotopic (exact) mass is 633 g/mol. The van der Waals surface area contributed by atoms with E-state index in [2.05, 4.69) is 5.32 Å². The van der Waals surface area contributed by atoms with E-state index in [0.717, 1.165) is 15.4 Å². The fourth-order valence-electron chi connectivity index (χ4n) is 4.79. The first-order valence-corrected chi connectivity index (χ1v) is 16.0. The van der Waals surface area contributed by atoms with Crippen molar-refractivity contribution in [2.75, 3.05) is 24.5 Å². The first kappa shape index (κ1) is 32.6. The minimum Gasteiger partial charge on any atom is -0.497 e. The highest BCUT2D eigenvalue weighted by molar-refractivity contribution is 7.92. The molecule has 1 atom stereocenters. The average molecular weight is 634 g/mol. The summed E-state index contributed by atoms with van der Waals surface area (Å²) in [6.07, 6.45) is 0.228. The summed E-state index contributed by atoms with van der Waals surface area (Å²) < 4.78 is 34.5. The number of anilines is 1. The molecule has 0 spiro atoms. The van der Waals surface area contributed by atoms with Gasteiger partial charge in [0, 0.05) is 24.5 Å². The number of aryl methyl sites for hydroxylation is 1. The third kappa shape index (κ3) is 8.18. The fraction of sp³-hybridized carbons (Fsp3) is 0.235. The van der Waals surface area contributed by atoms with Crippen LogP contribution in [0.1, 0.15) is 23.6 Å². The molecule has 2 amide bonds. The summed E-state index contributed by atoms with van der Waals surface area (Å²) in [5.74, 6) is -0.359. The molecule has 0 saturated heterocycles. The fourth-order valence-corrected chi connectivity index (χ4v) is 6.42. The molecule has 4 rings (SSSR count). The second-order valence-electron chi connectivity index (χ2n) is 10.3. The van der Waals surface area contributed by atoms with Crippen molar-refractivity contribution in [2.45, 2.75) is 37.8 Å². The van der Waals surface area contributed by atoms with E-state index >= 15 is 0 Å². The number of likely N-dealkylation sites (N-methyl/N-ethyl adjacent to an activating group) is 1. The second-order valence-corrected chi connectivity index (χ2v) is 12.6. The maximum absolute atomic E-state index is 14.4. The number of rotatable bonds is 13. The molecule has 44 heavy (non-hydrogen) atoms. The number of sulfonamides is 1. The summed E-state index contributed by atoms with van der Waals surface area (Å²) in [5.41, 5.74) is 2.73. The lowest BCUT2D eigenvalue weighted by molar-refractivity contribution is -0.140. The number of amides is 2. The van der Waals surface area contributed by atoms with Gasteiger partial charge >= 0.3 is 0 Å². The van der Waals surface area contributed by atoms with Crippen molar-refractivity contribution in [1.82, 2.24) is 10.2 Å². The lowest BCUT2D eigenvalue weighted by atomic mass is 10.0. The zero-order chi connectivity index (χ0) is 31.7. The van der Waals surface area contributed by atoms with E-state index in [1.54, 1.807) is 61.5 Å². The van der Waals surface area contributed by atoms with Crippen LogP contribution in [0.4, 0.5) is 5.69 Å². The maximum atomic E-state index is 14.4. The molecular formula is C34H36ClN3O5S. The zero-order valence-electron chi connectivity index (χ0n) is 24.9. The Kier molecular flexibility index (Phi) is 11.0. The van der Waals surface area contributed by atoms with Gasteiger partial charge in [-0.3, -0.25) is 13.9 Å². The summed E-state index contributed by atoms with van der Waals surface area (Å²) in [6.45, 7) is 3.52. The molecule has 0 aliphatic heterocycles. The third-order valence-corrected chi connectivity index (χ3v) is 9.14. The number of carbonyl (C=O) groups is 2. The normalized spacial score (nSPS) is 11.8. The van der Waals surface area contributed by atoms with Gasteiger partial charge in [-0.1, -0.05) is 71.8 Å². The van der Waals surface area contributed by atoms with Gasteiger partial charge in [-0.2, -0.15) is 0 Å². The van der Waals surface area contributed by atoms with Crippen LogP contribution in [-0.2, 0) is 32.6 Å². The molecule has 0 fully saturated rings. The van der Waals surface area contributed by atoms with Crippen LogP contribution < -0.4 is 14.4 Å². The van der Waals surface area contributed by atoms with Crippen molar-refractivity contribution in [1.29, 1.82) is 0 Å². The van der Waals surface area contributed by atoms with E-state index in [-0.39, 0.29) is 29.5 Å².